The van der Waals surface area contributed by atoms with Gasteiger partial charge < -0.3 is 10.6 Å². The van der Waals surface area contributed by atoms with Gasteiger partial charge >= 0.3 is 12.1 Å². The number of rotatable bonds is 4. The van der Waals surface area contributed by atoms with Crippen LogP contribution in [0.15, 0.2) is 43.2 Å². The first-order valence-electron chi connectivity index (χ1n) is 9.37. The van der Waals surface area contributed by atoms with E-state index in [0.717, 1.165) is 35.6 Å². The van der Waals surface area contributed by atoms with Crippen LogP contribution in [-0.2, 0) is 25.9 Å². The van der Waals surface area contributed by atoms with Gasteiger partial charge in [-0.1, -0.05) is 6.07 Å². The van der Waals surface area contributed by atoms with Crippen LogP contribution in [0.2, 0.25) is 0 Å². The number of imidazole rings is 2. The van der Waals surface area contributed by atoms with Crippen molar-refractivity contribution in [2.45, 2.75) is 25.9 Å². The van der Waals surface area contributed by atoms with Gasteiger partial charge in [0, 0.05) is 25.9 Å². The molecule has 0 fully saturated rings. The molecule has 0 aliphatic carbocycles. The minimum atomic E-state index is -0.0835. The van der Waals surface area contributed by atoms with Crippen molar-refractivity contribution in [2.75, 3.05) is 13.1 Å². The Hall–Kier alpha value is -3.49. The number of nitrogens with one attached hydrogen (secondary N) is 2. The SMILES string of the molecule is O=C1NCCc2c[n+](Cc3cccc(C[n+]4cc5n(c4)C(=O)NCC5)n3)cn21. The molecule has 28 heavy (non-hydrogen) atoms. The van der Waals surface area contributed by atoms with E-state index in [1.54, 1.807) is 9.13 Å². The summed E-state index contributed by atoms with van der Waals surface area (Å²) in [6.45, 7) is 2.54. The number of aromatic nitrogens is 5. The third-order valence-corrected chi connectivity index (χ3v) is 5.08. The summed E-state index contributed by atoms with van der Waals surface area (Å²) in [5, 5.41) is 5.67. The highest BCUT2D eigenvalue weighted by Gasteiger charge is 2.25. The van der Waals surface area contributed by atoms with E-state index < -0.39 is 0 Å². The van der Waals surface area contributed by atoms with Crippen LogP contribution in [-0.4, -0.2) is 39.3 Å². The van der Waals surface area contributed by atoms with Crippen LogP contribution < -0.4 is 19.8 Å². The lowest BCUT2D eigenvalue weighted by molar-refractivity contribution is -0.689. The Labute approximate surface area is 161 Å². The highest BCUT2D eigenvalue weighted by molar-refractivity contribution is 5.78. The Morgan fingerprint density at radius 3 is 1.82 bits per heavy atom. The Morgan fingerprint density at radius 2 is 1.36 bits per heavy atom. The maximum atomic E-state index is 11.9. The maximum absolute atomic E-state index is 11.9. The van der Waals surface area contributed by atoms with Crippen LogP contribution in [0.3, 0.4) is 0 Å². The van der Waals surface area contributed by atoms with Crippen molar-refractivity contribution in [3.05, 3.63) is 66.0 Å². The first-order chi connectivity index (χ1) is 13.7. The third kappa shape index (κ3) is 3.04. The molecule has 0 radical (unpaired) electrons. The Morgan fingerprint density at radius 1 is 0.857 bits per heavy atom. The molecule has 2 aliphatic heterocycles. The quantitative estimate of drug-likeness (QED) is 0.604. The van der Waals surface area contributed by atoms with Gasteiger partial charge in [0.15, 0.2) is 11.4 Å². The molecule has 0 aromatic carbocycles. The van der Waals surface area contributed by atoms with Gasteiger partial charge in [-0.05, 0) is 12.1 Å². The molecule has 2 aliphatic rings. The molecule has 5 rings (SSSR count). The number of carbonyl (C=O) groups is 2. The molecule has 0 spiro atoms. The first-order valence-corrected chi connectivity index (χ1v) is 9.37. The van der Waals surface area contributed by atoms with Crippen LogP contribution in [0, 0.1) is 0 Å². The number of amides is 2. The van der Waals surface area contributed by atoms with Gasteiger partial charge in [0.2, 0.25) is 0 Å². The van der Waals surface area contributed by atoms with E-state index in [4.69, 9.17) is 4.98 Å². The molecule has 2 N–H and O–H groups in total. The Balaban J connectivity index is 1.34. The Kier molecular flexibility index (Phi) is 3.92. The second-order valence-electron chi connectivity index (χ2n) is 7.14. The zero-order valence-electron chi connectivity index (χ0n) is 15.3. The van der Waals surface area contributed by atoms with Crippen LogP contribution in [0.4, 0.5) is 9.59 Å². The third-order valence-electron chi connectivity index (χ3n) is 5.08. The molecule has 2 amide bonds. The normalized spacial score (nSPS) is 15.6. The van der Waals surface area contributed by atoms with Crippen LogP contribution in [0.1, 0.15) is 22.8 Å². The van der Waals surface area contributed by atoms with E-state index in [2.05, 4.69) is 10.6 Å². The zero-order valence-corrected chi connectivity index (χ0v) is 15.3. The molecule has 0 saturated carbocycles. The molecule has 142 valence electrons. The van der Waals surface area contributed by atoms with Gasteiger partial charge in [-0.15, -0.1) is 9.13 Å². The summed E-state index contributed by atoms with van der Waals surface area (Å²) in [5.74, 6) is 0. The fraction of sp³-hybridized carbons (Fsp3) is 0.316. The Bertz CT molecular complexity index is 1000. The van der Waals surface area contributed by atoms with Crippen molar-refractivity contribution in [1.29, 1.82) is 0 Å². The van der Waals surface area contributed by atoms with Crippen LogP contribution in [0.5, 0.6) is 0 Å². The number of hydrogen-bond donors (Lipinski definition) is 2. The molecule has 3 aromatic rings. The molecule has 0 saturated heterocycles. The zero-order chi connectivity index (χ0) is 19.1. The van der Waals surface area contributed by atoms with Crippen LogP contribution in [0.25, 0.3) is 0 Å². The molecule has 0 atom stereocenters. The average Bonchev–Trinajstić information content (AvgIpc) is 3.27. The second-order valence-corrected chi connectivity index (χ2v) is 7.14. The monoisotopic (exact) mass is 379 g/mol. The summed E-state index contributed by atoms with van der Waals surface area (Å²) in [6.07, 6.45) is 9.29. The molecule has 0 bridgehead atoms. The van der Waals surface area contributed by atoms with E-state index in [1.807, 2.05) is 52.4 Å². The van der Waals surface area contributed by atoms with E-state index in [9.17, 15) is 9.59 Å². The maximum Gasteiger partial charge on any atom is 0.413 e. The van der Waals surface area contributed by atoms with Crippen molar-refractivity contribution >= 4 is 12.1 Å². The largest absolute Gasteiger partial charge is 0.413 e. The number of nitrogens with zero attached hydrogens (tertiary/aromatic N) is 5. The van der Waals surface area contributed by atoms with Gasteiger partial charge in [-0.3, -0.25) is 0 Å². The van der Waals surface area contributed by atoms with Gasteiger partial charge in [-0.25, -0.2) is 23.7 Å². The molecule has 5 heterocycles. The van der Waals surface area contributed by atoms with Crippen LogP contribution >= 0.6 is 0 Å². The first kappa shape index (κ1) is 16.7. The fourth-order valence-electron chi connectivity index (χ4n) is 3.77. The van der Waals surface area contributed by atoms with E-state index >= 15 is 0 Å². The molecule has 9 heteroatoms. The van der Waals surface area contributed by atoms with Crippen molar-refractivity contribution in [3.63, 3.8) is 0 Å². The van der Waals surface area contributed by atoms with Gasteiger partial charge in [0.1, 0.15) is 25.5 Å². The van der Waals surface area contributed by atoms with Gasteiger partial charge in [0.25, 0.3) is 12.7 Å². The predicted octanol–water partition coefficient (Wildman–Crippen LogP) is -0.416. The minimum Gasteiger partial charge on any atom is -0.317 e. The standard InChI is InChI=1S/C19H19N7O2/c27-18-20-6-4-16-10-23(12-25(16)18)8-14-2-1-3-15(22-14)9-24-11-17-5-7-21-19(28)26(17)13-24/h1-3,10-13H,4-9H2/p+2. The lowest BCUT2D eigenvalue weighted by atomic mass is 10.3. The number of carbonyl (C=O) groups excluding carboxylic acids is 2. The number of hydrogen-bond acceptors (Lipinski definition) is 3. The summed E-state index contributed by atoms with van der Waals surface area (Å²) in [5.41, 5.74) is 3.86. The molecular weight excluding hydrogens is 358 g/mol. The second kappa shape index (κ2) is 6.59. The predicted molar refractivity (Wildman–Crippen MR) is 96.7 cm³/mol. The topological polar surface area (TPSA) is 88.7 Å². The molecule has 3 aromatic heterocycles. The number of pyridine rings is 1. The number of fused-ring (bicyclic) bond motifs is 2. The van der Waals surface area contributed by atoms with Gasteiger partial charge in [0.05, 0.1) is 11.4 Å². The summed E-state index contributed by atoms with van der Waals surface area (Å²) in [4.78, 5) is 28.6. The molecular formula is C19H21N7O2+2. The van der Waals surface area contributed by atoms with Crippen molar-refractivity contribution in [3.8, 4) is 0 Å². The van der Waals surface area contributed by atoms with Crippen molar-refractivity contribution in [1.82, 2.24) is 24.8 Å². The summed E-state index contributed by atoms with van der Waals surface area (Å²) >= 11 is 0. The highest BCUT2D eigenvalue weighted by atomic mass is 16.2. The highest BCUT2D eigenvalue weighted by Crippen LogP contribution is 2.06. The molecule has 9 nitrogen and oxygen atoms in total. The van der Waals surface area contributed by atoms with E-state index in [1.165, 1.54) is 0 Å². The summed E-state index contributed by atoms with van der Waals surface area (Å²) in [7, 11) is 0. The van der Waals surface area contributed by atoms with Gasteiger partial charge in [-0.2, -0.15) is 0 Å². The summed E-state index contributed by atoms with van der Waals surface area (Å²) < 4.78 is 7.28. The molecule has 0 unspecified atom stereocenters. The van der Waals surface area contributed by atoms with Crippen molar-refractivity contribution in [2.24, 2.45) is 0 Å². The fourth-order valence-corrected chi connectivity index (χ4v) is 3.77. The average molecular weight is 379 g/mol. The minimum absolute atomic E-state index is 0.0835. The lowest BCUT2D eigenvalue weighted by Gasteiger charge is -2.07. The summed E-state index contributed by atoms with van der Waals surface area (Å²) in [6, 6.07) is 5.79. The smallest absolute Gasteiger partial charge is 0.317 e. The van der Waals surface area contributed by atoms with Crippen molar-refractivity contribution < 1.29 is 18.7 Å². The van der Waals surface area contributed by atoms with E-state index in [0.29, 0.717) is 26.2 Å². The lowest BCUT2D eigenvalue weighted by Crippen LogP contribution is -2.37. The van der Waals surface area contributed by atoms with E-state index in [-0.39, 0.29) is 12.1 Å².